The van der Waals surface area contributed by atoms with Gasteiger partial charge in [-0.3, -0.25) is 9.69 Å². The van der Waals surface area contributed by atoms with Crippen LogP contribution in [0.2, 0.25) is 0 Å². The molecule has 3 N–H and O–H groups in total. The summed E-state index contributed by atoms with van der Waals surface area (Å²) in [5.74, 6) is 2.18. The molecule has 0 radical (unpaired) electrons. The van der Waals surface area contributed by atoms with Gasteiger partial charge in [-0.1, -0.05) is 0 Å². The average Bonchev–Trinajstić information content (AvgIpc) is 3.27. The summed E-state index contributed by atoms with van der Waals surface area (Å²) in [4.78, 5) is 25.8. The molecule has 2 heterocycles. The number of carbonyl (C=O) groups is 1. The monoisotopic (exact) mass is 466 g/mol. The van der Waals surface area contributed by atoms with E-state index in [2.05, 4.69) is 25.1 Å². The summed E-state index contributed by atoms with van der Waals surface area (Å²) >= 11 is 0. The second-order valence-electron chi connectivity index (χ2n) is 7.96. The maximum absolute atomic E-state index is 12.5. The Hall–Kier alpha value is -0.860. The molecular formula is C19H33Cl3N6O. The number of anilines is 1. The van der Waals surface area contributed by atoms with Crippen LogP contribution in [0.15, 0.2) is 18.5 Å². The van der Waals surface area contributed by atoms with E-state index in [4.69, 9.17) is 5.73 Å². The molecule has 1 aromatic heterocycles. The molecule has 0 spiro atoms. The Kier molecular flexibility index (Phi) is 10.9. The van der Waals surface area contributed by atoms with Gasteiger partial charge in [0.05, 0.1) is 5.92 Å². The molecule has 1 aliphatic heterocycles. The first kappa shape index (κ1) is 26.2. The molecule has 10 heteroatoms. The van der Waals surface area contributed by atoms with Gasteiger partial charge in [0.25, 0.3) is 0 Å². The van der Waals surface area contributed by atoms with Gasteiger partial charge in [-0.15, -0.1) is 37.2 Å². The van der Waals surface area contributed by atoms with Crippen LogP contribution in [0.4, 0.5) is 5.95 Å². The van der Waals surface area contributed by atoms with E-state index >= 15 is 0 Å². The second-order valence-corrected chi connectivity index (χ2v) is 7.96. The Balaban J connectivity index is 0.00000140. The highest BCUT2D eigenvalue weighted by Crippen LogP contribution is 2.47. The van der Waals surface area contributed by atoms with E-state index in [1.807, 2.05) is 6.07 Å². The second kappa shape index (κ2) is 12.1. The number of fused-ring (bicyclic) bond motifs is 2. The van der Waals surface area contributed by atoms with Crippen LogP contribution >= 0.6 is 37.2 Å². The zero-order valence-corrected chi connectivity index (χ0v) is 19.1. The van der Waals surface area contributed by atoms with Gasteiger partial charge in [0.2, 0.25) is 11.9 Å². The number of nitrogens with zero attached hydrogens (tertiary/aromatic N) is 4. The third-order valence-electron chi connectivity index (χ3n) is 6.44. The fourth-order valence-corrected chi connectivity index (χ4v) is 4.98. The fourth-order valence-electron chi connectivity index (χ4n) is 4.98. The summed E-state index contributed by atoms with van der Waals surface area (Å²) < 4.78 is 0. The topological polar surface area (TPSA) is 87.4 Å². The maximum Gasteiger partial charge on any atom is 0.225 e. The van der Waals surface area contributed by atoms with Gasteiger partial charge in [-0.25, -0.2) is 9.97 Å². The van der Waals surface area contributed by atoms with Crippen molar-refractivity contribution in [1.82, 2.24) is 20.2 Å². The molecule has 2 aliphatic carbocycles. The van der Waals surface area contributed by atoms with Gasteiger partial charge in [0.1, 0.15) is 0 Å². The van der Waals surface area contributed by atoms with E-state index in [0.29, 0.717) is 11.8 Å². The van der Waals surface area contributed by atoms with Crippen molar-refractivity contribution in [2.45, 2.75) is 31.7 Å². The van der Waals surface area contributed by atoms with Crippen molar-refractivity contribution in [3.63, 3.8) is 0 Å². The number of rotatable bonds is 6. The Labute approximate surface area is 191 Å². The van der Waals surface area contributed by atoms with Crippen molar-refractivity contribution in [2.24, 2.45) is 23.5 Å². The number of hydrogen-bond donors (Lipinski definition) is 2. The third kappa shape index (κ3) is 6.07. The van der Waals surface area contributed by atoms with Crippen LogP contribution in [-0.4, -0.2) is 66.1 Å². The Bertz CT molecular complexity index is 615. The number of nitrogens with two attached hydrogens (primary N) is 1. The van der Waals surface area contributed by atoms with Gasteiger partial charge in [0.15, 0.2) is 0 Å². The number of aromatic nitrogens is 2. The molecule has 166 valence electrons. The van der Waals surface area contributed by atoms with Gasteiger partial charge in [-0.2, -0.15) is 0 Å². The number of halogens is 3. The van der Waals surface area contributed by atoms with Crippen molar-refractivity contribution in [3.8, 4) is 0 Å². The lowest BCUT2D eigenvalue weighted by atomic mass is 9.84. The SMILES string of the molecule is Cl.Cl.Cl.NC1C2CCC(C2)C1C(=O)NCCCN1CCN(c2ncccn2)CC1. The fraction of sp³-hybridized carbons (Fsp3) is 0.737. The van der Waals surface area contributed by atoms with Crippen molar-refractivity contribution in [2.75, 3.05) is 44.2 Å². The van der Waals surface area contributed by atoms with E-state index in [-0.39, 0.29) is 55.1 Å². The van der Waals surface area contributed by atoms with Crippen molar-refractivity contribution < 1.29 is 4.79 Å². The molecule has 29 heavy (non-hydrogen) atoms. The number of nitrogens with one attached hydrogen (secondary N) is 1. The van der Waals surface area contributed by atoms with Crippen molar-refractivity contribution in [3.05, 3.63) is 18.5 Å². The molecule has 2 saturated carbocycles. The summed E-state index contributed by atoms with van der Waals surface area (Å²) in [6.07, 6.45) is 8.14. The van der Waals surface area contributed by atoms with Crippen molar-refractivity contribution in [1.29, 1.82) is 0 Å². The zero-order valence-electron chi connectivity index (χ0n) is 16.6. The number of hydrogen-bond acceptors (Lipinski definition) is 6. The lowest BCUT2D eigenvalue weighted by Crippen LogP contribution is -2.48. The van der Waals surface area contributed by atoms with Crippen LogP contribution in [-0.2, 0) is 4.79 Å². The lowest BCUT2D eigenvalue weighted by molar-refractivity contribution is -0.127. The lowest BCUT2D eigenvalue weighted by Gasteiger charge is -2.34. The molecule has 3 aliphatic rings. The minimum Gasteiger partial charge on any atom is -0.356 e. The molecular weight excluding hydrogens is 435 g/mol. The molecule has 1 saturated heterocycles. The van der Waals surface area contributed by atoms with E-state index < -0.39 is 0 Å². The van der Waals surface area contributed by atoms with E-state index in [1.54, 1.807) is 12.4 Å². The Morgan fingerprint density at radius 1 is 1.07 bits per heavy atom. The highest BCUT2D eigenvalue weighted by Gasteiger charge is 2.48. The summed E-state index contributed by atoms with van der Waals surface area (Å²) in [6.45, 7) is 5.72. The zero-order chi connectivity index (χ0) is 17.9. The first-order chi connectivity index (χ1) is 12.7. The van der Waals surface area contributed by atoms with Crippen LogP contribution in [0.1, 0.15) is 25.7 Å². The minimum absolute atomic E-state index is 0. The predicted octanol–water partition coefficient (Wildman–Crippen LogP) is 1.74. The first-order valence-electron chi connectivity index (χ1n) is 10.00. The number of piperazine rings is 1. The molecule has 0 aromatic carbocycles. The van der Waals surface area contributed by atoms with E-state index in [1.165, 1.54) is 12.8 Å². The molecule has 2 bridgehead atoms. The number of amides is 1. The highest BCUT2D eigenvalue weighted by atomic mass is 35.5. The molecule has 1 amide bonds. The standard InChI is InChI=1S/C19H30N6O.3ClH/c20-17-15-4-3-14(13-15)16(17)18(26)21-7-2-8-24-9-11-25(12-10-24)19-22-5-1-6-23-19;;;/h1,5-6,14-17H,2-4,7-13,20H2,(H,21,26);3*1H. The minimum atomic E-state index is 0. The van der Waals surface area contributed by atoms with E-state index in [0.717, 1.165) is 58.1 Å². The number of carbonyl (C=O) groups excluding carboxylic acids is 1. The van der Waals surface area contributed by atoms with Crippen LogP contribution in [0.25, 0.3) is 0 Å². The van der Waals surface area contributed by atoms with Crippen LogP contribution < -0.4 is 16.0 Å². The van der Waals surface area contributed by atoms with Crippen LogP contribution in [0.3, 0.4) is 0 Å². The van der Waals surface area contributed by atoms with Crippen molar-refractivity contribution >= 4 is 49.1 Å². The molecule has 4 rings (SSSR count). The first-order valence-corrected chi connectivity index (χ1v) is 10.00. The predicted molar refractivity (Wildman–Crippen MR) is 122 cm³/mol. The quantitative estimate of drug-likeness (QED) is 0.620. The third-order valence-corrected chi connectivity index (χ3v) is 6.44. The Morgan fingerprint density at radius 2 is 1.72 bits per heavy atom. The summed E-state index contributed by atoms with van der Waals surface area (Å²) in [5, 5.41) is 3.14. The van der Waals surface area contributed by atoms with Crippen LogP contribution in [0, 0.1) is 17.8 Å². The molecule has 3 fully saturated rings. The Morgan fingerprint density at radius 3 is 2.34 bits per heavy atom. The van der Waals surface area contributed by atoms with E-state index in [9.17, 15) is 4.79 Å². The van der Waals surface area contributed by atoms with Gasteiger partial charge in [0, 0.05) is 51.2 Å². The van der Waals surface area contributed by atoms with Gasteiger partial charge >= 0.3 is 0 Å². The molecule has 4 atom stereocenters. The molecule has 4 unspecified atom stereocenters. The smallest absolute Gasteiger partial charge is 0.225 e. The normalized spacial score (nSPS) is 28.1. The summed E-state index contributed by atoms with van der Waals surface area (Å²) in [6, 6.07) is 1.93. The average molecular weight is 468 g/mol. The summed E-state index contributed by atoms with van der Waals surface area (Å²) in [5.41, 5.74) is 6.26. The van der Waals surface area contributed by atoms with Crippen LogP contribution in [0.5, 0.6) is 0 Å². The summed E-state index contributed by atoms with van der Waals surface area (Å²) in [7, 11) is 0. The highest BCUT2D eigenvalue weighted by molar-refractivity contribution is 5.86. The maximum atomic E-state index is 12.5. The van der Waals surface area contributed by atoms with Gasteiger partial charge < -0.3 is 16.0 Å². The molecule has 7 nitrogen and oxygen atoms in total. The molecule has 1 aromatic rings. The largest absolute Gasteiger partial charge is 0.356 e. The van der Waals surface area contributed by atoms with Gasteiger partial charge in [-0.05, 0) is 50.1 Å².